The van der Waals surface area contributed by atoms with Gasteiger partial charge in [0.05, 0.1) is 0 Å². The molecule has 0 bridgehead atoms. The Bertz CT molecular complexity index is 2050. The van der Waals surface area contributed by atoms with Crippen LogP contribution in [-0.4, -0.2) is 4.98 Å². The number of fused-ring (bicyclic) bond motifs is 3. The van der Waals surface area contributed by atoms with Crippen LogP contribution in [0, 0.1) is 0 Å². The van der Waals surface area contributed by atoms with Crippen LogP contribution in [0.2, 0.25) is 0 Å². The predicted octanol–water partition coefficient (Wildman–Crippen LogP) is 9.21. The first-order chi connectivity index (χ1) is 17.4. The summed E-state index contributed by atoms with van der Waals surface area (Å²) in [5, 5.41) is 9.97. The molecule has 0 amide bonds. The molecule has 2 heteroatoms. The average molecular weight is 446 g/mol. The average Bonchev–Trinajstić information content (AvgIpc) is 3.31. The highest BCUT2D eigenvalue weighted by atomic mass is 16.3. The summed E-state index contributed by atoms with van der Waals surface area (Å²) < 4.78 is 6.40. The number of aromatic nitrogens is 1. The molecule has 6 aromatic carbocycles. The third-order valence-electron chi connectivity index (χ3n) is 7.35. The third kappa shape index (κ3) is 2.57. The van der Waals surface area contributed by atoms with Gasteiger partial charge in [-0.1, -0.05) is 84.9 Å². The van der Waals surface area contributed by atoms with E-state index < -0.39 is 0 Å². The lowest BCUT2D eigenvalue weighted by Crippen LogP contribution is -1.89. The highest BCUT2D eigenvalue weighted by Crippen LogP contribution is 2.44. The van der Waals surface area contributed by atoms with E-state index in [4.69, 9.17) is 4.42 Å². The summed E-state index contributed by atoms with van der Waals surface area (Å²) >= 11 is 0. The van der Waals surface area contributed by atoms with E-state index in [0.29, 0.717) is 0 Å². The van der Waals surface area contributed by atoms with Gasteiger partial charge < -0.3 is 4.42 Å². The number of hydrogen-bond acceptors (Lipinski definition) is 2. The lowest BCUT2D eigenvalue weighted by atomic mass is 9.87. The number of rotatable bonds is 2. The van der Waals surface area contributed by atoms with Crippen LogP contribution in [0.1, 0.15) is 0 Å². The first-order valence-corrected chi connectivity index (χ1v) is 11.9. The summed E-state index contributed by atoms with van der Waals surface area (Å²) in [5.41, 5.74) is 6.62. The van der Waals surface area contributed by atoms with Crippen LogP contribution in [0.25, 0.3) is 76.5 Å². The van der Waals surface area contributed by atoms with Crippen molar-refractivity contribution >= 4 is 54.3 Å². The molecule has 35 heavy (non-hydrogen) atoms. The molecule has 0 N–H and O–H groups in total. The molecule has 162 valence electrons. The molecule has 0 unspecified atom stereocenters. The number of pyridine rings is 1. The van der Waals surface area contributed by atoms with Gasteiger partial charge in [0, 0.05) is 28.7 Å². The van der Waals surface area contributed by atoms with Crippen molar-refractivity contribution in [2.24, 2.45) is 0 Å². The van der Waals surface area contributed by atoms with Gasteiger partial charge >= 0.3 is 0 Å². The van der Waals surface area contributed by atoms with E-state index >= 15 is 0 Å². The SMILES string of the molecule is c1ccc2c(c1)oc1c(-c3ccc4ccc5c(-c6ccncc6)ccc6ccc3c4c65)cccc12. The normalized spacial score (nSPS) is 12.0. The molecule has 0 radical (unpaired) electrons. The molecular weight excluding hydrogens is 426 g/mol. The van der Waals surface area contributed by atoms with E-state index in [1.165, 1.54) is 49.0 Å². The topological polar surface area (TPSA) is 26.0 Å². The first-order valence-electron chi connectivity index (χ1n) is 11.9. The minimum Gasteiger partial charge on any atom is -0.455 e. The van der Waals surface area contributed by atoms with E-state index in [0.717, 1.165) is 27.5 Å². The van der Waals surface area contributed by atoms with Gasteiger partial charge in [-0.2, -0.15) is 0 Å². The van der Waals surface area contributed by atoms with Crippen LogP contribution < -0.4 is 0 Å². The zero-order valence-electron chi connectivity index (χ0n) is 18.8. The van der Waals surface area contributed by atoms with Crippen LogP contribution in [0.5, 0.6) is 0 Å². The fourth-order valence-electron chi connectivity index (χ4n) is 5.78. The minimum absolute atomic E-state index is 0.926. The Balaban J connectivity index is 1.49. The Kier molecular flexibility index (Phi) is 3.69. The van der Waals surface area contributed by atoms with Crippen LogP contribution in [0.15, 0.2) is 120 Å². The van der Waals surface area contributed by atoms with Crippen molar-refractivity contribution in [1.29, 1.82) is 0 Å². The number of hydrogen-bond donors (Lipinski definition) is 0. The number of para-hydroxylation sites is 2. The molecule has 0 aliphatic heterocycles. The molecule has 2 heterocycles. The lowest BCUT2D eigenvalue weighted by molar-refractivity contribution is 0.670. The molecule has 8 rings (SSSR count). The van der Waals surface area contributed by atoms with Gasteiger partial charge in [0.15, 0.2) is 0 Å². The predicted molar refractivity (Wildman–Crippen MR) is 146 cm³/mol. The van der Waals surface area contributed by atoms with Crippen molar-refractivity contribution < 1.29 is 4.42 Å². The second-order valence-electron chi connectivity index (χ2n) is 9.17. The van der Waals surface area contributed by atoms with Gasteiger partial charge in [-0.25, -0.2) is 0 Å². The van der Waals surface area contributed by atoms with Crippen LogP contribution in [-0.2, 0) is 0 Å². The Morgan fingerprint density at radius 2 is 1.11 bits per heavy atom. The highest BCUT2D eigenvalue weighted by molar-refractivity contribution is 6.28. The number of benzene rings is 6. The molecule has 0 aliphatic carbocycles. The van der Waals surface area contributed by atoms with Gasteiger partial charge in [0.25, 0.3) is 0 Å². The molecule has 0 saturated heterocycles. The van der Waals surface area contributed by atoms with Crippen molar-refractivity contribution in [1.82, 2.24) is 4.98 Å². The maximum absolute atomic E-state index is 6.40. The van der Waals surface area contributed by atoms with Crippen LogP contribution >= 0.6 is 0 Å². The van der Waals surface area contributed by atoms with Crippen molar-refractivity contribution in [2.45, 2.75) is 0 Å². The smallest absolute Gasteiger partial charge is 0.143 e. The van der Waals surface area contributed by atoms with Crippen molar-refractivity contribution in [3.05, 3.63) is 116 Å². The summed E-state index contributed by atoms with van der Waals surface area (Å²) in [7, 11) is 0. The second kappa shape index (κ2) is 6.91. The molecule has 0 aliphatic rings. The molecule has 0 saturated carbocycles. The van der Waals surface area contributed by atoms with E-state index in [-0.39, 0.29) is 0 Å². The van der Waals surface area contributed by atoms with Crippen LogP contribution in [0.3, 0.4) is 0 Å². The molecule has 0 fully saturated rings. The maximum atomic E-state index is 6.40. The van der Waals surface area contributed by atoms with Crippen LogP contribution in [0.4, 0.5) is 0 Å². The standard InChI is InChI=1S/C33H19NO/c1-2-7-30-25(4-1)29-6-3-5-28(33(29)35-30)24-13-9-22-10-14-26-23(20-16-18-34-19-17-20)12-8-21-11-15-27(24)32(22)31(21)26/h1-19H. The number of nitrogens with zero attached hydrogens (tertiary/aromatic N) is 1. The third-order valence-corrected chi connectivity index (χ3v) is 7.35. The summed E-state index contributed by atoms with van der Waals surface area (Å²) in [6.45, 7) is 0. The quantitative estimate of drug-likeness (QED) is 0.248. The van der Waals surface area contributed by atoms with Crippen molar-refractivity contribution in [3.8, 4) is 22.3 Å². The van der Waals surface area contributed by atoms with Gasteiger partial charge in [0.2, 0.25) is 0 Å². The maximum Gasteiger partial charge on any atom is 0.143 e. The van der Waals surface area contributed by atoms with Gasteiger partial charge in [-0.3, -0.25) is 4.98 Å². The molecule has 0 spiro atoms. The first kappa shape index (κ1) is 18.7. The van der Waals surface area contributed by atoms with E-state index in [2.05, 4.69) is 96.0 Å². The minimum atomic E-state index is 0.926. The van der Waals surface area contributed by atoms with Gasteiger partial charge in [0.1, 0.15) is 11.2 Å². The van der Waals surface area contributed by atoms with E-state index in [1.54, 1.807) is 0 Å². The summed E-state index contributed by atoms with van der Waals surface area (Å²) in [6.07, 6.45) is 3.72. The molecule has 8 aromatic rings. The van der Waals surface area contributed by atoms with Crippen molar-refractivity contribution in [2.75, 3.05) is 0 Å². The number of furan rings is 1. The Morgan fingerprint density at radius 1 is 0.457 bits per heavy atom. The Morgan fingerprint density at radius 3 is 1.91 bits per heavy atom. The fraction of sp³-hybridized carbons (Fsp3) is 0. The molecule has 2 nitrogen and oxygen atoms in total. The molecule has 2 aromatic heterocycles. The second-order valence-corrected chi connectivity index (χ2v) is 9.17. The Labute approximate surface area is 201 Å². The molecule has 0 atom stereocenters. The lowest BCUT2D eigenvalue weighted by Gasteiger charge is -2.16. The van der Waals surface area contributed by atoms with E-state index in [1.807, 2.05) is 24.5 Å². The monoisotopic (exact) mass is 445 g/mol. The Hall–Kier alpha value is -4.69. The summed E-state index contributed by atoms with van der Waals surface area (Å²) in [5.74, 6) is 0. The van der Waals surface area contributed by atoms with E-state index in [9.17, 15) is 0 Å². The van der Waals surface area contributed by atoms with Gasteiger partial charge in [-0.05, 0) is 67.2 Å². The highest BCUT2D eigenvalue weighted by Gasteiger charge is 2.17. The summed E-state index contributed by atoms with van der Waals surface area (Å²) in [6, 6.07) is 36.9. The largest absolute Gasteiger partial charge is 0.455 e. The zero-order chi connectivity index (χ0) is 22.9. The summed E-state index contributed by atoms with van der Waals surface area (Å²) in [4.78, 5) is 4.21. The zero-order valence-corrected chi connectivity index (χ0v) is 18.8. The fourth-order valence-corrected chi connectivity index (χ4v) is 5.78. The van der Waals surface area contributed by atoms with Gasteiger partial charge in [-0.15, -0.1) is 0 Å². The molecular formula is C33H19NO. The van der Waals surface area contributed by atoms with Crippen molar-refractivity contribution in [3.63, 3.8) is 0 Å².